The number of rotatable bonds is 22. The standard InChI is InChI=1S/C45H60N3O9PS/c1-31(2)48(32(3)4)58(55-26-14-9-10-15-27-59-34(6)49)57-40-28-42(47-29-33(5)43(50)46-44(47)51)56-41(40)30-54-45(35-16-12-11-13-17-35,36-18-22-38(52-7)23-19-36)37-20-24-39(53-8)25-21-37/h11-13,16-25,29,31-32,40-42H,9-10,14-15,26-28,30H2,1-8H3,(H,46,50,51)/t40?,41-,42-,58?/m1/s1. The molecule has 0 aliphatic carbocycles. The summed E-state index contributed by atoms with van der Waals surface area (Å²) in [6, 6.07) is 25.9. The number of nitrogens with zero attached hydrogens (tertiary/aromatic N) is 2. The normalized spacial score (nSPS) is 17.5. The molecule has 2 heterocycles. The third-order valence-electron chi connectivity index (χ3n) is 10.3. The molecule has 1 aromatic heterocycles. The van der Waals surface area contributed by atoms with Crippen molar-refractivity contribution in [2.75, 3.05) is 33.2 Å². The van der Waals surface area contributed by atoms with E-state index in [2.05, 4.69) is 37.3 Å². The number of carbonyl (C=O) groups excluding carboxylic acids is 1. The number of aromatic amines is 1. The quantitative estimate of drug-likeness (QED) is 0.0463. The maximum Gasteiger partial charge on any atom is 0.330 e. The van der Waals surface area contributed by atoms with E-state index in [-0.39, 0.29) is 23.8 Å². The van der Waals surface area contributed by atoms with E-state index in [1.54, 1.807) is 28.1 Å². The van der Waals surface area contributed by atoms with Crippen LogP contribution in [-0.4, -0.2) is 76.8 Å². The van der Waals surface area contributed by atoms with Crippen molar-refractivity contribution in [1.29, 1.82) is 0 Å². The molecule has 3 aromatic carbocycles. The summed E-state index contributed by atoms with van der Waals surface area (Å²) in [5.41, 5.74) is 0.893. The van der Waals surface area contributed by atoms with Crippen molar-refractivity contribution in [3.05, 3.63) is 128 Å². The fourth-order valence-electron chi connectivity index (χ4n) is 7.37. The monoisotopic (exact) mass is 849 g/mol. The van der Waals surface area contributed by atoms with Gasteiger partial charge in [0.25, 0.3) is 14.1 Å². The van der Waals surface area contributed by atoms with Gasteiger partial charge in [-0.1, -0.05) is 79.2 Å². The van der Waals surface area contributed by atoms with Gasteiger partial charge in [0.05, 0.1) is 33.5 Å². The van der Waals surface area contributed by atoms with E-state index in [9.17, 15) is 14.4 Å². The molecular weight excluding hydrogens is 790 g/mol. The molecule has 1 aliphatic rings. The van der Waals surface area contributed by atoms with Gasteiger partial charge in [0.15, 0.2) is 5.12 Å². The molecule has 1 N–H and O–H groups in total. The fraction of sp³-hybridized carbons (Fsp3) is 0.489. The first-order valence-electron chi connectivity index (χ1n) is 20.3. The van der Waals surface area contributed by atoms with Crippen LogP contribution in [0.5, 0.6) is 11.5 Å². The lowest BCUT2D eigenvalue weighted by Gasteiger charge is -2.39. The zero-order valence-corrected chi connectivity index (χ0v) is 37.3. The van der Waals surface area contributed by atoms with Crippen LogP contribution in [0.4, 0.5) is 0 Å². The number of aromatic nitrogens is 2. The van der Waals surface area contributed by atoms with Crippen molar-refractivity contribution < 1.29 is 32.8 Å². The number of methoxy groups -OCH3 is 2. The van der Waals surface area contributed by atoms with Crippen molar-refractivity contribution in [1.82, 2.24) is 14.2 Å². The highest BCUT2D eigenvalue weighted by Gasteiger charge is 2.45. The molecule has 5 rings (SSSR count). The second-order valence-corrected chi connectivity index (χ2v) is 17.9. The Balaban J connectivity index is 1.52. The first-order valence-corrected chi connectivity index (χ1v) is 22.5. The van der Waals surface area contributed by atoms with Crippen molar-refractivity contribution in [3.63, 3.8) is 0 Å². The van der Waals surface area contributed by atoms with Gasteiger partial charge in [0.2, 0.25) is 0 Å². The molecule has 1 saturated heterocycles. The average molecular weight is 850 g/mol. The number of ether oxygens (including phenoxy) is 4. The minimum Gasteiger partial charge on any atom is -0.497 e. The zero-order chi connectivity index (χ0) is 42.5. The first kappa shape index (κ1) is 46.3. The largest absolute Gasteiger partial charge is 0.497 e. The maximum atomic E-state index is 13.3. The first-order chi connectivity index (χ1) is 28.4. The Morgan fingerprint density at radius 3 is 2.02 bits per heavy atom. The van der Waals surface area contributed by atoms with Gasteiger partial charge in [-0.2, -0.15) is 0 Å². The molecular formula is C45H60N3O9PS. The molecule has 1 fully saturated rings. The van der Waals surface area contributed by atoms with Crippen LogP contribution >= 0.6 is 20.3 Å². The van der Waals surface area contributed by atoms with Gasteiger partial charge in [0, 0.05) is 42.9 Å². The van der Waals surface area contributed by atoms with Crippen LogP contribution < -0.4 is 20.7 Å². The molecule has 0 bridgehead atoms. The van der Waals surface area contributed by atoms with Crippen LogP contribution in [0.25, 0.3) is 0 Å². The van der Waals surface area contributed by atoms with Crippen molar-refractivity contribution in [3.8, 4) is 11.5 Å². The Kier molecular flexibility index (Phi) is 17.4. The molecule has 1 aliphatic heterocycles. The van der Waals surface area contributed by atoms with Crippen molar-refractivity contribution >= 4 is 25.4 Å². The van der Waals surface area contributed by atoms with E-state index >= 15 is 0 Å². The molecule has 4 atom stereocenters. The topological polar surface area (TPSA) is 131 Å². The van der Waals surface area contributed by atoms with Gasteiger partial charge in [-0.3, -0.25) is 19.1 Å². The number of H-pyrrole nitrogens is 1. The second-order valence-electron chi connectivity index (χ2n) is 15.2. The van der Waals surface area contributed by atoms with Crippen LogP contribution in [-0.2, 0) is 28.9 Å². The highest BCUT2D eigenvalue weighted by molar-refractivity contribution is 8.13. The van der Waals surface area contributed by atoms with Crippen molar-refractivity contribution in [2.45, 2.75) is 110 Å². The lowest BCUT2D eigenvalue weighted by atomic mass is 9.80. The minimum atomic E-state index is -1.59. The number of hydrogen-bond acceptors (Lipinski definition) is 11. The molecule has 2 unspecified atom stereocenters. The fourth-order valence-corrected chi connectivity index (χ4v) is 9.80. The number of benzene rings is 3. The van der Waals surface area contributed by atoms with Crippen LogP contribution in [0, 0.1) is 6.92 Å². The second kappa shape index (κ2) is 22.2. The Hall–Kier alpha value is -3.81. The van der Waals surface area contributed by atoms with E-state index in [1.165, 1.54) is 22.5 Å². The highest BCUT2D eigenvalue weighted by Crippen LogP contribution is 2.51. The lowest BCUT2D eigenvalue weighted by Crippen LogP contribution is -2.39. The van der Waals surface area contributed by atoms with Gasteiger partial charge >= 0.3 is 5.69 Å². The van der Waals surface area contributed by atoms with Crippen LogP contribution in [0.3, 0.4) is 0 Å². The van der Waals surface area contributed by atoms with E-state index in [4.69, 9.17) is 28.0 Å². The summed E-state index contributed by atoms with van der Waals surface area (Å²) in [6.45, 7) is 12.3. The van der Waals surface area contributed by atoms with E-state index in [1.807, 2.05) is 78.9 Å². The van der Waals surface area contributed by atoms with Crippen molar-refractivity contribution in [2.24, 2.45) is 0 Å². The molecule has 14 heteroatoms. The predicted molar refractivity (Wildman–Crippen MR) is 234 cm³/mol. The number of nitrogens with one attached hydrogen (secondary N) is 1. The molecule has 0 radical (unpaired) electrons. The smallest absolute Gasteiger partial charge is 0.330 e. The summed E-state index contributed by atoms with van der Waals surface area (Å²) in [4.78, 5) is 39.4. The third-order valence-corrected chi connectivity index (χ3v) is 13.3. The van der Waals surface area contributed by atoms with Gasteiger partial charge in [-0.05, 0) is 88.4 Å². The predicted octanol–water partition coefficient (Wildman–Crippen LogP) is 8.75. The number of thioether (sulfide) groups is 1. The number of unbranched alkanes of at least 4 members (excludes halogenated alkanes) is 3. The van der Waals surface area contributed by atoms with Crippen LogP contribution in [0.2, 0.25) is 0 Å². The summed E-state index contributed by atoms with van der Waals surface area (Å²) < 4.78 is 42.6. The number of aryl methyl sites for hydroxylation is 1. The summed E-state index contributed by atoms with van der Waals surface area (Å²) >= 11 is 1.37. The van der Waals surface area contributed by atoms with Gasteiger partial charge in [-0.15, -0.1) is 0 Å². The number of hydrogen-bond donors (Lipinski definition) is 1. The molecule has 0 saturated carbocycles. The van der Waals surface area contributed by atoms with E-state index < -0.39 is 43.8 Å². The van der Waals surface area contributed by atoms with Crippen LogP contribution in [0.15, 0.2) is 94.6 Å². The average Bonchev–Trinajstić information content (AvgIpc) is 3.62. The molecule has 4 aromatic rings. The summed E-state index contributed by atoms with van der Waals surface area (Å²) in [5, 5.41) is 0.146. The summed E-state index contributed by atoms with van der Waals surface area (Å²) in [5.74, 6) is 2.25. The molecule has 12 nitrogen and oxygen atoms in total. The van der Waals surface area contributed by atoms with E-state index in [0.29, 0.717) is 30.1 Å². The Morgan fingerprint density at radius 2 is 1.46 bits per heavy atom. The summed E-state index contributed by atoms with van der Waals surface area (Å²) in [7, 11) is 1.69. The lowest BCUT2D eigenvalue weighted by molar-refractivity contribution is -0.109. The van der Waals surface area contributed by atoms with Crippen LogP contribution in [0.1, 0.15) is 95.2 Å². The molecule has 59 heavy (non-hydrogen) atoms. The van der Waals surface area contributed by atoms with E-state index in [0.717, 1.165) is 48.1 Å². The number of carbonyl (C=O) groups is 1. The van der Waals surface area contributed by atoms with Gasteiger partial charge < -0.3 is 28.0 Å². The highest BCUT2D eigenvalue weighted by atomic mass is 32.2. The Bertz CT molecular complexity index is 1970. The maximum absolute atomic E-state index is 13.3. The summed E-state index contributed by atoms with van der Waals surface area (Å²) in [6.07, 6.45) is 3.69. The SMILES string of the molecule is COc1ccc(C(OC[C@H]2O[C@@H](n3cc(C)c(=O)[nH]c3=O)CC2OP(OCCCCCCSC(C)=O)N(C(C)C)C(C)C)(c2ccccc2)c2ccc(OC)cc2)cc1. The molecule has 0 amide bonds. The zero-order valence-electron chi connectivity index (χ0n) is 35.6. The Labute approximate surface area is 353 Å². The Morgan fingerprint density at radius 1 is 0.881 bits per heavy atom. The molecule has 320 valence electrons. The minimum absolute atomic E-state index is 0.0655. The third kappa shape index (κ3) is 11.9. The van der Waals surface area contributed by atoms with Gasteiger partial charge in [-0.25, -0.2) is 9.46 Å². The van der Waals surface area contributed by atoms with Gasteiger partial charge in [0.1, 0.15) is 29.4 Å². The molecule has 0 spiro atoms.